The van der Waals surface area contributed by atoms with Crippen molar-refractivity contribution in [3.05, 3.63) is 54.5 Å². The van der Waals surface area contributed by atoms with E-state index >= 15 is 0 Å². The Morgan fingerprint density at radius 1 is 1.20 bits per heavy atom. The van der Waals surface area contributed by atoms with Gasteiger partial charge >= 0.3 is 0 Å². The number of hydrogen-bond donors (Lipinski definition) is 2. The maximum Gasteiger partial charge on any atom is 0.191 e. The molecule has 0 saturated carbocycles. The van der Waals surface area contributed by atoms with Gasteiger partial charge in [0.2, 0.25) is 0 Å². The van der Waals surface area contributed by atoms with E-state index in [2.05, 4.69) is 42.9 Å². The lowest BCUT2D eigenvalue weighted by molar-refractivity contribution is 0.415. The summed E-state index contributed by atoms with van der Waals surface area (Å²) >= 11 is 0. The van der Waals surface area contributed by atoms with Gasteiger partial charge in [0.15, 0.2) is 11.6 Å². The number of guanidine groups is 1. The van der Waals surface area contributed by atoms with Crippen LogP contribution >= 0.6 is 0 Å². The number of ether oxygens (including phenoxy) is 1. The molecule has 8 heteroatoms. The molecule has 0 amide bonds. The van der Waals surface area contributed by atoms with Crippen LogP contribution in [0.2, 0.25) is 0 Å². The lowest BCUT2D eigenvalue weighted by Crippen LogP contribution is -2.45. The smallest absolute Gasteiger partial charge is 0.191 e. The SMILES string of the molecule is CN=C(NCCCc1nnc2ccccn12)NC1CCN(c2ccccc2OC)C1. The highest BCUT2D eigenvalue weighted by Crippen LogP contribution is 2.30. The molecule has 3 heterocycles. The zero-order chi connectivity index (χ0) is 20.8. The van der Waals surface area contributed by atoms with Gasteiger partial charge < -0.3 is 20.3 Å². The maximum absolute atomic E-state index is 5.51. The quantitative estimate of drug-likeness (QED) is 0.355. The first-order valence-electron chi connectivity index (χ1n) is 10.4. The monoisotopic (exact) mass is 407 g/mol. The number of aromatic nitrogens is 3. The summed E-state index contributed by atoms with van der Waals surface area (Å²) in [6.07, 6.45) is 4.88. The molecule has 1 fully saturated rings. The Morgan fingerprint density at radius 3 is 2.93 bits per heavy atom. The van der Waals surface area contributed by atoms with Crippen molar-refractivity contribution in [2.45, 2.75) is 25.3 Å². The Morgan fingerprint density at radius 2 is 2.07 bits per heavy atom. The van der Waals surface area contributed by atoms with Gasteiger partial charge in [-0.3, -0.25) is 9.39 Å². The Hall–Kier alpha value is -3.29. The van der Waals surface area contributed by atoms with Crippen molar-refractivity contribution < 1.29 is 4.74 Å². The van der Waals surface area contributed by atoms with E-state index in [1.807, 2.05) is 48.0 Å². The summed E-state index contributed by atoms with van der Waals surface area (Å²) in [5.74, 6) is 2.74. The molecule has 1 aliphatic heterocycles. The number of para-hydroxylation sites is 2. The summed E-state index contributed by atoms with van der Waals surface area (Å²) in [5, 5.41) is 15.5. The third-order valence-electron chi connectivity index (χ3n) is 5.43. The van der Waals surface area contributed by atoms with Gasteiger partial charge in [0.1, 0.15) is 11.6 Å². The highest BCUT2D eigenvalue weighted by molar-refractivity contribution is 5.80. The summed E-state index contributed by atoms with van der Waals surface area (Å²) in [6.45, 7) is 2.74. The highest BCUT2D eigenvalue weighted by atomic mass is 16.5. The summed E-state index contributed by atoms with van der Waals surface area (Å²) in [7, 11) is 3.53. The average molecular weight is 408 g/mol. The van der Waals surface area contributed by atoms with Crippen molar-refractivity contribution in [3.63, 3.8) is 0 Å². The Balaban J connectivity index is 1.24. The molecule has 3 aromatic rings. The minimum Gasteiger partial charge on any atom is -0.495 e. The van der Waals surface area contributed by atoms with E-state index in [9.17, 15) is 0 Å². The van der Waals surface area contributed by atoms with Crippen LogP contribution in [0.15, 0.2) is 53.7 Å². The molecule has 1 aliphatic rings. The molecule has 30 heavy (non-hydrogen) atoms. The van der Waals surface area contributed by atoms with Gasteiger partial charge in [-0.25, -0.2) is 0 Å². The number of anilines is 1. The second kappa shape index (κ2) is 9.47. The van der Waals surface area contributed by atoms with Crippen LogP contribution in [0.3, 0.4) is 0 Å². The minimum atomic E-state index is 0.349. The number of aryl methyl sites for hydroxylation is 1. The van der Waals surface area contributed by atoms with E-state index in [0.29, 0.717) is 6.04 Å². The largest absolute Gasteiger partial charge is 0.495 e. The fourth-order valence-corrected chi connectivity index (χ4v) is 3.89. The minimum absolute atomic E-state index is 0.349. The van der Waals surface area contributed by atoms with Gasteiger partial charge in [-0.05, 0) is 37.1 Å². The Kier molecular flexibility index (Phi) is 6.32. The molecular formula is C22H29N7O. The third-order valence-corrected chi connectivity index (χ3v) is 5.43. The highest BCUT2D eigenvalue weighted by Gasteiger charge is 2.25. The van der Waals surface area contributed by atoms with E-state index < -0.39 is 0 Å². The number of pyridine rings is 1. The molecule has 1 unspecified atom stereocenters. The van der Waals surface area contributed by atoms with Crippen LogP contribution in [0.25, 0.3) is 5.65 Å². The van der Waals surface area contributed by atoms with Crippen LogP contribution in [0.5, 0.6) is 5.75 Å². The topological polar surface area (TPSA) is 79.1 Å². The lowest BCUT2D eigenvalue weighted by Gasteiger charge is -2.22. The molecule has 0 spiro atoms. The van der Waals surface area contributed by atoms with Gasteiger partial charge in [0.05, 0.1) is 12.8 Å². The number of methoxy groups -OCH3 is 1. The number of nitrogens with one attached hydrogen (secondary N) is 2. The standard InChI is InChI=1S/C22H29N7O/c1-23-22(24-13-7-11-21-27-26-20-10-5-6-14-29(20)21)25-17-12-15-28(16-17)18-8-3-4-9-19(18)30-2/h3-6,8-10,14,17H,7,11-13,15-16H2,1-2H3,(H2,23,24,25). The first-order valence-corrected chi connectivity index (χ1v) is 10.4. The molecule has 0 radical (unpaired) electrons. The van der Waals surface area contributed by atoms with E-state index in [4.69, 9.17) is 4.74 Å². The zero-order valence-electron chi connectivity index (χ0n) is 17.6. The predicted octanol–water partition coefficient (Wildman–Crippen LogP) is 2.11. The summed E-state index contributed by atoms with van der Waals surface area (Å²) < 4.78 is 7.55. The second-order valence-electron chi connectivity index (χ2n) is 7.40. The van der Waals surface area contributed by atoms with Crippen LogP contribution in [0, 0.1) is 0 Å². The average Bonchev–Trinajstić information content (AvgIpc) is 3.43. The third kappa shape index (κ3) is 4.48. The van der Waals surface area contributed by atoms with Gasteiger partial charge in [-0.2, -0.15) is 0 Å². The number of benzene rings is 1. The summed E-state index contributed by atoms with van der Waals surface area (Å²) in [5.41, 5.74) is 2.03. The van der Waals surface area contributed by atoms with Crippen LogP contribution in [0.1, 0.15) is 18.7 Å². The van der Waals surface area contributed by atoms with Crippen molar-refractivity contribution >= 4 is 17.3 Å². The fourth-order valence-electron chi connectivity index (χ4n) is 3.89. The molecule has 1 atom stereocenters. The van der Waals surface area contributed by atoms with Crippen molar-refractivity contribution in [3.8, 4) is 5.75 Å². The number of fused-ring (bicyclic) bond motifs is 1. The van der Waals surface area contributed by atoms with E-state index in [1.54, 1.807) is 7.11 Å². The summed E-state index contributed by atoms with van der Waals surface area (Å²) in [4.78, 5) is 6.75. The maximum atomic E-state index is 5.51. The molecule has 2 N–H and O–H groups in total. The Bertz CT molecular complexity index is 1000. The molecule has 1 saturated heterocycles. The molecular weight excluding hydrogens is 378 g/mol. The molecule has 0 aliphatic carbocycles. The van der Waals surface area contributed by atoms with E-state index in [1.165, 1.54) is 0 Å². The fraction of sp³-hybridized carbons (Fsp3) is 0.409. The van der Waals surface area contributed by atoms with Gasteiger partial charge in [-0.15, -0.1) is 10.2 Å². The number of hydrogen-bond acceptors (Lipinski definition) is 5. The van der Waals surface area contributed by atoms with Gasteiger partial charge in [0, 0.05) is 45.3 Å². The van der Waals surface area contributed by atoms with Crippen molar-refractivity contribution in [2.24, 2.45) is 4.99 Å². The molecule has 1 aromatic carbocycles. The van der Waals surface area contributed by atoms with Gasteiger partial charge in [-0.1, -0.05) is 18.2 Å². The molecule has 158 valence electrons. The number of nitrogens with zero attached hydrogens (tertiary/aromatic N) is 5. The normalized spacial score (nSPS) is 16.8. The van der Waals surface area contributed by atoms with Crippen molar-refractivity contribution in [1.82, 2.24) is 25.2 Å². The van der Waals surface area contributed by atoms with Crippen LogP contribution in [-0.4, -0.2) is 60.4 Å². The van der Waals surface area contributed by atoms with Crippen LogP contribution in [0.4, 0.5) is 5.69 Å². The molecule has 0 bridgehead atoms. The number of aliphatic imine (C=N–C) groups is 1. The van der Waals surface area contributed by atoms with E-state index in [0.717, 1.165) is 67.8 Å². The zero-order valence-corrected chi connectivity index (χ0v) is 17.6. The Labute approximate surface area is 177 Å². The van der Waals surface area contributed by atoms with Crippen molar-refractivity contribution in [2.75, 3.05) is 38.7 Å². The molecule has 8 nitrogen and oxygen atoms in total. The molecule has 2 aromatic heterocycles. The van der Waals surface area contributed by atoms with Gasteiger partial charge in [0.25, 0.3) is 0 Å². The summed E-state index contributed by atoms with van der Waals surface area (Å²) in [6, 6.07) is 14.5. The molecule has 4 rings (SSSR count). The van der Waals surface area contributed by atoms with Crippen molar-refractivity contribution in [1.29, 1.82) is 0 Å². The first kappa shape index (κ1) is 20.0. The van der Waals surface area contributed by atoms with Crippen LogP contribution < -0.4 is 20.3 Å². The first-order chi connectivity index (χ1) is 14.8. The second-order valence-corrected chi connectivity index (χ2v) is 7.40. The predicted molar refractivity (Wildman–Crippen MR) is 119 cm³/mol. The lowest BCUT2D eigenvalue weighted by atomic mass is 10.2. The number of rotatable bonds is 7. The van der Waals surface area contributed by atoms with E-state index in [-0.39, 0.29) is 0 Å². The van der Waals surface area contributed by atoms with Crippen LogP contribution in [-0.2, 0) is 6.42 Å².